The monoisotopic (exact) mass is 455 g/mol. The van der Waals surface area contributed by atoms with E-state index in [9.17, 15) is 9.59 Å². The molecule has 1 saturated heterocycles. The standard InChI is InChI=1S/C26H25N5O3/c1-18-5-3-6-20(17-18)31-24(32)22(19-7-9-21(34-2)10-8-19)23(25(31)33)29-13-15-30(16-14-29)26-27-11-4-12-28-26/h3-12,17H,13-16H2,1-2H3. The van der Waals surface area contributed by atoms with Gasteiger partial charge in [-0.05, 0) is 48.4 Å². The maximum atomic E-state index is 13.7. The summed E-state index contributed by atoms with van der Waals surface area (Å²) in [6.07, 6.45) is 3.44. The Labute approximate surface area is 198 Å². The third-order valence-corrected chi connectivity index (χ3v) is 6.13. The van der Waals surface area contributed by atoms with Gasteiger partial charge in [0.25, 0.3) is 11.8 Å². The lowest BCUT2D eigenvalue weighted by Crippen LogP contribution is -2.48. The number of carbonyl (C=O) groups excluding carboxylic acids is 2. The number of benzene rings is 2. The van der Waals surface area contributed by atoms with E-state index in [0.717, 1.165) is 5.56 Å². The van der Waals surface area contributed by atoms with E-state index in [1.165, 1.54) is 4.90 Å². The predicted molar refractivity (Wildman–Crippen MR) is 129 cm³/mol. The fraction of sp³-hybridized carbons (Fsp3) is 0.231. The molecular weight excluding hydrogens is 430 g/mol. The molecule has 8 heteroatoms. The summed E-state index contributed by atoms with van der Waals surface area (Å²) in [5, 5.41) is 0. The van der Waals surface area contributed by atoms with E-state index < -0.39 is 0 Å². The quantitative estimate of drug-likeness (QED) is 0.548. The number of ether oxygens (including phenoxy) is 1. The van der Waals surface area contributed by atoms with Crippen molar-refractivity contribution in [3.63, 3.8) is 0 Å². The summed E-state index contributed by atoms with van der Waals surface area (Å²) in [6.45, 7) is 4.39. The zero-order valence-electron chi connectivity index (χ0n) is 19.1. The van der Waals surface area contributed by atoms with Gasteiger partial charge in [0, 0.05) is 38.6 Å². The molecule has 0 spiro atoms. The number of anilines is 2. The van der Waals surface area contributed by atoms with Crippen molar-refractivity contribution in [2.45, 2.75) is 6.92 Å². The van der Waals surface area contributed by atoms with Crippen molar-refractivity contribution >= 4 is 29.0 Å². The van der Waals surface area contributed by atoms with E-state index in [0.29, 0.717) is 60.4 Å². The Balaban J connectivity index is 1.51. The first-order valence-electron chi connectivity index (χ1n) is 11.2. The molecule has 3 aromatic rings. The highest BCUT2D eigenvalue weighted by molar-refractivity contribution is 6.45. The second kappa shape index (κ2) is 8.97. The summed E-state index contributed by atoms with van der Waals surface area (Å²) in [4.78, 5) is 41.5. The fourth-order valence-electron chi connectivity index (χ4n) is 4.42. The summed E-state index contributed by atoms with van der Waals surface area (Å²) < 4.78 is 5.27. The molecule has 2 aliphatic rings. The Kier molecular flexibility index (Phi) is 5.71. The number of carbonyl (C=O) groups is 2. The van der Waals surface area contributed by atoms with Gasteiger partial charge in [-0.3, -0.25) is 9.59 Å². The van der Waals surface area contributed by atoms with Crippen molar-refractivity contribution in [2.75, 3.05) is 43.1 Å². The van der Waals surface area contributed by atoms with Gasteiger partial charge in [-0.15, -0.1) is 0 Å². The molecule has 2 aliphatic heterocycles. The summed E-state index contributed by atoms with van der Waals surface area (Å²) in [5.74, 6) is 0.742. The molecule has 0 bridgehead atoms. The van der Waals surface area contributed by atoms with Crippen LogP contribution in [0.15, 0.2) is 72.7 Å². The molecule has 2 aromatic carbocycles. The van der Waals surface area contributed by atoms with E-state index in [1.807, 2.05) is 42.2 Å². The molecule has 8 nitrogen and oxygen atoms in total. The van der Waals surface area contributed by atoms with Gasteiger partial charge >= 0.3 is 0 Å². The number of hydrogen-bond donors (Lipinski definition) is 0. The van der Waals surface area contributed by atoms with Gasteiger partial charge in [0.2, 0.25) is 5.95 Å². The molecule has 5 rings (SSSR count). The van der Waals surface area contributed by atoms with E-state index in [2.05, 4.69) is 14.9 Å². The summed E-state index contributed by atoms with van der Waals surface area (Å²) in [7, 11) is 1.60. The molecule has 3 heterocycles. The number of nitrogens with zero attached hydrogens (tertiary/aromatic N) is 5. The molecule has 0 saturated carbocycles. The Bertz CT molecular complexity index is 1250. The third kappa shape index (κ3) is 3.87. The number of aryl methyl sites for hydroxylation is 1. The highest BCUT2D eigenvalue weighted by Crippen LogP contribution is 2.36. The lowest BCUT2D eigenvalue weighted by atomic mass is 10.0. The zero-order chi connectivity index (χ0) is 23.7. The minimum Gasteiger partial charge on any atom is -0.497 e. The highest BCUT2D eigenvalue weighted by atomic mass is 16.5. The molecule has 0 N–H and O–H groups in total. The van der Waals surface area contributed by atoms with E-state index in [1.54, 1.807) is 43.8 Å². The van der Waals surface area contributed by atoms with Crippen LogP contribution >= 0.6 is 0 Å². The van der Waals surface area contributed by atoms with Crippen LogP contribution in [0.3, 0.4) is 0 Å². The summed E-state index contributed by atoms with van der Waals surface area (Å²) >= 11 is 0. The number of imide groups is 1. The number of piperazine rings is 1. The summed E-state index contributed by atoms with van der Waals surface area (Å²) in [5.41, 5.74) is 3.10. The predicted octanol–water partition coefficient (Wildman–Crippen LogP) is 2.90. The minimum absolute atomic E-state index is 0.300. The molecular formula is C26H25N5O3. The van der Waals surface area contributed by atoms with Crippen LogP contribution in [0.1, 0.15) is 11.1 Å². The van der Waals surface area contributed by atoms with Gasteiger partial charge in [-0.25, -0.2) is 14.9 Å². The maximum absolute atomic E-state index is 13.7. The molecule has 0 radical (unpaired) electrons. The number of amides is 2. The van der Waals surface area contributed by atoms with Gasteiger partial charge in [-0.1, -0.05) is 24.3 Å². The van der Waals surface area contributed by atoms with E-state index in [-0.39, 0.29) is 11.8 Å². The molecule has 0 unspecified atom stereocenters. The molecule has 0 aliphatic carbocycles. The third-order valence-electron chi connectivity index (χ3n) is 6.13. The van der Waals surface area contributed by atoms with Crippen molar-refractivity contribution in [2.24, 2.45) is 0 Å². The minimum atomic E-state index is -0.315. The SMILES string of the molecule is COc1ccc(C2=C(N3CCN(c4ncccn4)CC3)C(=O)N(c3cccc(C)c3)C2=O)cc1. The Morgan fingerprint density at radius 2 is 1.50 bits per heavy atom. The van der Waals surface area contributed by atoms with Crippen LogP contribution in [-0.2, 0) is 9.59 Å². The Morgan fingerprint density at radius 3 is 2.15 bits per heavy atom. The van der Waals surface area contributed by atoms with Gasteiger partial charge < -0.3 is 14.5 Å². The first-order valence-corrected chi connectivity index (χ1v) is 11.2. The topological polar surface area (TPSA) is 78.9 Å². The molecule has 34 heavy (non-hydrogen) atoms. The van der Waals surface area contributed by atoms with Gasteiger partial charge in [-0.2, -0.15) is 0 Å². The van der Waals surface area contributed by atoms with E-state index in [4.69, 9.17) is 4.74 Å². The number of hydrogen-bond acceptors (Lipinski definition) is 7. The van der Waals surface area contributed by atoms with Crippen LogP contribution in [0, 0.1) is 6.92 Å². The highest BCUT2D eigenvalue weighted by Gasteiger charge is 2.43. The van der Waals surface area contributed by atoms with Crippen molar-refractivity contribution < 1.29 is 14.3 Å². The second-order valence-corrected chi connectivity index (χ2v) is 8.26. The Hall–Kier alpha value is -4.20. The average Bonchev–Trinajstić information content (AvgIpc) is 3.14. The summed E-state index contributed by atoms with van der Waals surface area (Å²) in [6, 6.07) is 16.5. The van der Waals surface area contributed by atoms with Crippen LogP contribution in [0.4, 0.5) is 11.6 Å². The molecule has 2 amide bonds. The van der Waals surface area contributed by atoms with Crippen molar-refractivity contribution in [1.29, 1.82) is 0 Å². The van der Waals surface area contributed by atoms with Crippen LogP contribution < -0.4 is 14.5 Å². The lowest BCUT2D eigenvalue weighted by molar-refractivity contribution is -0.120. The largest absolute Gasteiger partial charge is 0.497 e. The van der Waals surface area contributed by atoms with Crippen LogP contribution in [-0.4, -0.2) is 60.0 Å². The normalized spacial score (nSPS) is 16.5. The van der Waals surface area contributed by atoms with Crippen molar-refractivity contribution in [3.05, 3.63) is 83.8 Å². The van der Waals surface area contributed by atoms with Crippen LogP contribution in [0.2, 0.25) is 0 Å². The molecule has 172 valence electrons. The van der Waals surface area contributed by atoms with Gasteiger partial charge in [0.05, 0.1) is 18.4 Å². The van der Waals surface area contributed by atoms with Gasteiger partial charge in [0.1, 0.15) is 11.4 Å². The average molecular weight is 456 g/mol. The second-order valence-electron chi connectivity index (χ2n) is 8.26. The van der Waals surface area contributed by atoms with E-state index >= 15 is 0 Å². The Morgan fingerprint density at radius 1 is 0.824 bits per heavy atom. The number of aromatic nitrogens is 2. The smallest absolute Gasteiger partial charge is 0.282 e. The first kappa shape index (κ1) is 21.6. The molecule has 0 atom stereocenters. The van der Waals surface area contributed by atoms with Crippen molar-refractivity contribution in [3.8, 4) is 5.75 Å². The number of methoxy groups -OCH3 is 1. The number of rotatable bonds is 5. The van der Waals surface area contributed by atoms with Crippen LogP contribution in [0.25, 0.3) is 5.57 Å². The molecule has 1 fully saturated rings. The van der Waals surface area contributed by atoms with Crippen LogP contribution in [0.5, 0.6) is 5.75 Å². The lowest BCUT2D eigenvalue weighted by Gasteiger charge is -2.36. The van der Waals surface area contributed by atoms with Gasteiger partial charge in [0.15, 0.2) is 0 Å². The zero-order valence-corrected chi connectivity index (χ0v) is 19.1. The first-order chi connectivity index (χ1) is 16.6. The maximum Gasteiger partial charge on any atom is 0.282 e. The fourth-order valence-corrected chi connectivity index (χ4v) is 4.42. The molecule has 1 aromatic heterocycles. The van der Waals surface area contributed by atoms with Crippen molar-refractivity contribution in [1.82, 2.24) is 14.9 Å².